The average Bonchev–Trinajstić information content (AvgIpc) is 3.05. The van der Waals surface area contributed by atoms with E-state index in [1.54, 1.807) is 11.3 Å². The molecule has 0 saturated carbocycles. The molecule has 26 heavy (non-hydrogen) atoms. The first kappa shape index (κ1) is 17.9. The van der Waals surface area contributed by atoms with Gasteiger partial charge in [-0.25, -0.2) is 15.0 Å². The van der Waals surface area contributed by atoms with E-state index in [0.717, 1.165) is 43.5 Å². The van der Waals surface area contributed by atoms with Crippen LogP contribution in [0.25, 0.3) is 0 Å². The predicted molar refractivity (Wildman–Crippen MR) is 107 cm³/mol. The molecule has 0 amide bonds. The summed E-state index contributed by atoms with van der Waals surface area (Å²) < 4.78 is 0. The fourth-order valence-electron chi connectivity index (χ4n) is 4.16. The van der Waals surface area contributed by atoms with E-state index < -0.39 is 0 Å². The summed E-state index contributed by atoms with van der Waals surface area (Å²) in [5.41, 5.74) is 3.88. The Kier molecular flexibility index (Phi) is 5.50. The van der Waals surface area contributed by atoms with Crippen LogP contribution in [-0.2, 0) is 19.4 Å². The molecule has 0 aromatic carbocycles. The zero-order valence-corrected chi connectivity index (χ0v) is 16.7. The van der Waals surface area contributed by atoms with Gasteiger partial charge in [0.2, 0.25) is 0 Å². The summed E-state index contributed by atoms with van der Waals surface area (Å²) >= 11 is 1.75. The van der Waals surface area contributed by atoms with Gasteiger partial charge in [0.25, 0.3) is 0 Å². The van der Waals surface area contributed by atoms with Gasteiger partial charge in [0.15, 0.2) is 0 Å². The van der Waals surface area contributed by atoms with Gasteiger partial charge in [-0.05, 0) is 71.4 Å². The summed E-state index contributed by atoms with van der Waals surface area (Å²) in [5, 5.41) is 7.04. The molecule has 0 spiro atoms. The normalized spacial score (nSPS) is 18.7. The smallest absolute Gasteiger partial charge is 0.133 e. The number of fused-ring (bicyclic) bond motifs is 1. The second-order valence-corrected chi connectivity index (χ2v) is 8.77. The van der Waals surface area contributed by atoms with Gasteiger partial charge in [-0.1, -0.05) is 0 Å². The van der Waals surface area contributed by atoms with E-state index in [1.807, 2.05) is 6.92 Å². The molecule has 1 saturated heterocycles. The van der Waals surface area contributed by atoms with E-state index in [4.69, 9.17) is 4.98 Å². The summed E-state index contributed by atoms with van der Waals surface area (Å²) in [6.07, 6.45) is 7.28. The topological polar surface area (TPSA) is 53.9 Å². The van der Waals surface area contributed by atoms with Gasteiger partial charge < -0.3 is 5.32 Å². The van der Waals surface area contributed by atoms with Crippen LogP contribution in [0.15, 0.2) is 5.38 Å². The standard InChI is InChI=1S/C20H29N5S/c1-14-22-19-6-4-3-5-18(19)20(23-14)21-11-16-7-9-25(10-8-16)12-17-13-26-15(2)24-17/h13,16H,3-12H2,1-2H3,(H,21,22,23). The molecular formula is C20H29N5S. The van der Waals surface area contributed by atoms with Crippen molar-refractivity contribution in [2.45, 2.75) is 58.9 Å². The number of aryl methyl sites for hydroxylation is 3. The maximum atomic E-state index is 4.70. The molecule has 1 aliphatic heterocycles. The van der Waals surface area contributed by atoms with E-state index in [0.29, 0.717) is 0 Å². The molecule has 6 heteroatoms. The third-order valence-corrected chi connectivity index (χ3v) is 6.43. The lowest BCUT2D eigenvalue weighted by atomic mass is 9.95. The molecule has 140 valence electrons. The minimum atomic E-state index is 0.734. The number of hydrogen-bond donors (Lipinski definition) is 1. The fraction of sp³-hybridized carbons (Fsp3) is 0.650. The van der Waals surface area contributed by atoms with E-state index in [9.17, 15) is 0 Å². The van der Waals surface area contributed by atoms with Gasteiger partial charge in [-0.3, -0.25) is 4.90 Å². The lowest BCUT2D eigenvalue weighted by molar-refractivity contribution is 0.181. The minimum absolute atomic E-state index is 0.734. The molecule has 0 radical (unpaired) electrons. The Hall–Kier alpha value is -1.53. The van der Waals surface area contributed by atoms with Crippen molar-refractivity contribution in [1.29, 1.82) is 0 Å². The first-order valence-corrected chi connectivity index (χ1v) is 10.8. The van der Waals surface area contributed by atoms with Crippen LogP contribution in [0, 0.1) is 19.8 Å². The Morgan fingerprint density at radius 2 is 1.92 bits per heavy atom. The van der Waals surface area contributed by atoms with Gasteiger partial charge >= 0.3 is 0 Å². The first-order valence-electron chi connectivity index (χ1n) is 9.91. The molecule has 0 bridgehead atoms. The lowest BCUT2D eigenvalue weighted by Gasteiger charge is -2.32. The highest BCUT2D eigenvalue weighted by molar-refractivity contribution is 7.09. The van der Waals surface area contributed by atoms with E-state index in [-0.39, 0.29) is 0 Å². The summed E-state index contributed by atoms with van der Waals surface area (Å²) in [7, 11) is 0. The summed E-state index contributed by atoms with van der Waals surface area (Å²) in [5.74, 6) is 2.74. The number of thiazole rings is 1. The molecule has 2 aliphatic rings. The maximum absolute atomic E-state index is 4.70. The van der Waals surface area contributed by atoms with Crippen molar-refractivity contribution in [2.24, 2.45) is 5.92 Å². The Balaban J connectivity index is 1.29. The second kappa shape index (κ2) is 8.01. The summed E-state index contributed by atoms with van der Waals surface area (Å²) in [6, 6.07) is 0. The number of anilines is 1. The van der Waals surface area contributed by atoms with Crippen LogP contribution >= 0.6 is 11.3 Å². The van der Waals surface area contributed by atoms with Gasteiger partial charge in [0, 0.05) is 29.7 Å². The number of nitrogens with zero attached hydrogens (tertiary/aromatic N) is 4. The second-order valence-electron chi connectivity index (χ2n) is 7.71. The van der Waals surface area contributed by atoms with Crippen LogP contribution in [0.4, 0.5) is 5.82 Å². The van der Waals surface area contributed by atoms with Crippen molar-refractivity contribution >= 4 is 17.2 Å². The number of nitrogens with one attached hydrogen (secondary N) is 1. The highest BCUT2D eigenvalue weighted by Gasteiger charge is 2.21. The predicted octanol–water partition coefficient (Wildman–Crippen LogP) is 3.75. The van der Waals surface area contributed by atoms with Crippen LogP contribution in [0.2, 0.25) is 0 Å². The molecule has 3 heterocycles. The zero-order valence-electron chi connectivity index (χ0n) is 15.9. The van der Waals surface area contributed by atoms with E-state index >= 15 is 0 Å². The quantitative estimate of drug-likeness (QED) is 0.867. The third kappa shape index (κ3) is 4.23. The van der Waals surface area contributed by atoms with Gasteiger partial charge in [0.1, 0.15) is 11.6 Å². The number of hydrogen-bond acceptors (Lipinski definition) is 6. The Morgan fingerprint density at radius 1 is 1.12 bits per heavy atom. The van der Waals surface area contributed by atoms with Crippen LogP contribution in [0.1, 0.15) is 53.5 Å². The highest BCUT2D eigenvalue weighted by Crippen LogP contribution is 2.26. The molecule has 2 aromatic heterocycles. The van der Waals surface area contributed by atoms with Crippen molar-refractivity contribution in [1.82, 2.24) is 19.9 Å². The fourth-order valence-corrected chi connectivity index (χ4v) is 4.77. The molecular weight excluding hydrogens is 342 g/mol. The SMILES string of the molecule is Cc1nc2c(c(NCC3CCN(Cc4csc(C)n4)CC3)n1)CCCC2. The maximum Gasteiger partial charge on any atom is 0.133 e. The zero-order chi connectivity index (χ0) is 17.9. The van der Waals surface area contributed by atoms with Gasteiger partial charge in [0.05, 0.1) is 10.7 Å². The van der Waals surface area contributed by atoms with Crippen molar-refractivity contribution in [2.75, 3.05) is 25.0 Å². The lowest BCUT2D eigenvalue weighted by Crippen LogP contribution is -2.35. The van der Waals surface area contributed by atoms with E-state index in [2.05, 4.69) is 32.5 Å². The highest BCUT2D eigenvalue weighted by atomic mass is 32.1. The largest absolute Gasteiger partial charge is 0.369 e. The molecule has 0 atom stereocenters. The van der Waals surface area contributed by atoms with Crippen molar-refractivity contribution in [3.63, 3.8) is 0 Å². The molecule has 1 aliphatic carbocycles. The average molecular weight is 372 g/mol. The Labute approximate surface area is 160 Å². The molecule has 0 unspecified atom stereocenters. The Bertz CT molecular complexity index is 749. The number of aromatic nitrogens is 3. The third-order valence-electron chi connectivity index (χ3n) is 5.61. The van der Waals surface area contributed by atoms with Crippen molar-refractivity contribution < 1.29 is 0 Å². The molecule has 5 nitrogen and oxygen atoms in total. The molecule has 2 aromatic rings. The molecule has 4 rings (SSSR count). The van der Waals surface area contributed by atoms with Crippen LogP contribution in [0.3, 0.4) is 0 Å². The van der Waals surface area contributed by atoms with Gasteiger partial charge in [-0.2, -0.15) is 0 Å². The summed E-state index contributed by atoms with van der Waals surface area (Å²) in [6.45, 7) is 8.47. The first-order chi connectivity index (χ1) is 12.7. The minimum Gasteiger partial charge on any atom is -0.369 e. The molecule has 1 fully saturated rings. The van der Waals surface area contributed by atoms with E-state index in [1.165, 1.54) is 60.7 Å². The Morgan fingerprint density at radius 3 is 2.69 bits per heavy atom. The monoisotopic (exact) mass is 371 g/mol. The summed E-state index contributed by atoms with van der Waals surface area (Å²) in [4.78, 5) is 16.5. The van der Waals surface area contributed by atoms with Crippen molar-refractivity contribution in [3.05, 3.63) is 33.2 Å². The van der Waals surface area contributed by atoms with Crippen molar-refractivity contribution in [3.8, 4) is 0 Å². The number of likely N-dealkylation sites (tertiary alicyclic amines) is 1. The van der Waals surface area contributed by atoms with Gasteiger partial charge in [-0.15, -0.1) is 11.3 Å². The molecule has 1 N–H and O–H groups in total. The van der Waals surface area contributed by atoms with Crippen LogP contribution in [0.5, 0.6) is 0 Å². The van der Waals surface area contributed by atoms with Crippen LogP contribution < -0.4 is 5.32 Å². The number of piperidine rings is 1. The van der Waals surface area contributed by atoms with Crippen LogP contribution in [-0.4, -0.2) is 39.5 Å². The number of rotatable bonds is 5.